The second-order valence-electron chi connectivity index (χ2n) is 8.94. The van der Waals surface area contributed by atoms with Gasteiger partial charge in [-0.2, -0.15) is 4.39 Å². The van der Waals surface area contributed by atoms with Gasteiger partial charge in [0.25, 0.3) is 0 Å². The molecule has 1 aliphatic rings. The van der Waals surface area contributed by atoms with E-state index in [0.717, 1.165) is 34.6 Å². The molecule has 1 atom stereocenters. The van der Waals surface area contributed by atoms with Gasteiger partial charge in [-0.3, -0.25) is 5.32 Å². The quantitative estimate of drug-likeness (QED) is 0.264. The SMILES string of the molecule is COc1cc(-c2sc(F)cc2NC(=O)OC(C)c2ccc(F)cc2F)ccc1-c1ccc(C2CC2)cc1. The zero-order valence-electron chi connectivity index (χ0n) is 20.2. The van der Waals surface area contributed by atoms with Crippen LogP contribution in [-0.4, -0.2) is 13.2 Å². The highest BCUT2D eigenvalue weighted by atomic mass is 32.1. The van der Waals surface area contributed by atoms with Gasteiger partial charge < -0.3 is 9.47 Å². The normalized spacial score (nSPS) is 13.8. The van der Waals surface area contributed by atoms with Crippen molar-refractivity contribution >= 4 is 23.1 Å². The monoisotopic (exact) mass is 523 g/mol. The fourth-order valence-corrected chi connectivity index (χ4v) is 5.12. The minimum Gasteiger partial charge on any atom is -0.496 e. The fraction of sp³-hybridized carbons (Fsp3) is 0.207. The van der Waals surface area contributed by atoms with Gasteiger partial charge in [0.05, 0.1) is 17.7 Å². The van der Waals surface area contributed by atoms with E-state index in [4.69, 9.17) is 9.47 Å². The van der Waals surface area contributed by atoms with Gasteiger partial charge in [0.1, 0.15) is 23.5 Å². The van der Waals surface area contributed by atoms with E-state index in [1.165, 1.54) is 37.5 Å². The highest BCUT2D eigenvalue weighted by Gasteiger charge is 2.23. The summed E-state index contributed by atoms with van der Waals surface area (Å²) < 4.78 is 52.4. The summed E-state index contributed by atoms with van der Waals surface area (Å²) in [6.07, 6.45) is 0.592. The van der Waals surface area contributed by atoms with Crippen molar-refractivity contribution in [3.63, 3.8) is 0 Å². The van der Waals surface area contributed by atoms with Gasteiger partial charge in [-0.05, 0) is 60.6 Å². The van der Waals surface area contributed by atoms with Gasteiger partial charge in [-0.25, -0.2) is 13.6 Å². The number of ether oxygens (including phenoxy) is 2. The topological polar surface area (TPSA) is 47.6 Å². The summed E-state index contributed by atoms with van der Waals surface area (Å²) in [7, 11) is 1.57. The Balaban J connectivity index is 1.36. The van der Waals surface area contributed by atoms with Crippen molar-refractivity contribution < 1.29 is 27.4 Å². The number of halogens is 3. The maximum atomic E-state index is 14.3. The smallest absolute Gasteiger partial charge is 0.412 e. The predicted molar refractivity (Wildman–Crippen MR) is 139 cm³/mol. The number of benzene rings is 3. The highest BCUT2D eigenvalue weighted by molar-refractivity contribution is 7.14. The Kier molecular flexibility index (Phi) is 6.93. The minimum atomic E-state index is -0.988. The number of carbonyl (C=O) groups excluding carboxylic acids is 1. The molecule has 1 aliphatic carbocycles. The van der Waals surface area contributed by atoms with E-state index in [-0.39, 0.29) is 11.3 Å². The average molecular weight is 524 g/mol. The molecular weight excluding hydrogens is 499 g/mol. The van der Waals surface area contributed by atoms with Crippen LogP contribution in [0.3, 0.4) is 0 Å². The van der Waals surface area contributed by atoms with Crippen LogP contribution in [0.25, 0.3) is 21.6 Å². The first kappa shape index (κ1) is 24.9. The molecule has 0 aliphatic heterocycles. The number of anilines is 1. The molecule has 4 aromatic rings. The van der Waals surface area contributed by atoms with Crippen molar-refractivity contribution in [1.29, 1.82) is 0 Å². The Morgan fingerprint density at radius 3 is 2.38 bits per heavy atom. The zero-order valence-corrected chi connectivity index (χ0v) is 21.0. The molecule has 1 unspecified atom stereocenters. The van der Waals surface area contributed by atoms with Crippen LogP contribution in [0.15, 0.2) is 66.7 Å². The van der Waals surface area contributed by atoms with E-state index in [1.54, 1.807) is 13.2 Å². The van der Waals surface area contributed by atoms with Crippen LogP contribution in [0.1, 0.15) is 42.9 Å². The first-order valence-electron chi connectivity index (χ1n) is 11.8. The summed E-state index contributed by atoms with van der Waals surface area (Å²) in [5, 5.41) is 2.04. The molecule has 190 valence electrons. The summed E-state index contributed by atoms with van der Waals surface area (Å²) in [6.45, 7) is 1.46. The molecule has 37 heavy (non-hydrogen) atoms. The first-order chi connectivity index (χ1) is 17.8. The van der Waals surface area contributed by atoms with Crippen LogP contribution < -0.4 is 10.1 Å². The van der Waals surface area contributed by atoms with Gasteiger partial charge in [-0.1, -0.05) is 36.4 Å². The third kappa shape index (κ3) is 5.49. The molecular formula is C29H24F3NO3S. The summed E-state index contributed by atoms with van der Waals surface area (Å²) in [5.74, 6) is -0.272. The predicted octanol–water partition coefficient (Wildman–Crippen LogP) is 8.70. The number of hydrogen-bond acceptors (Lipinski definition) is 4. The molecule has 4 nitrogen and oxygen atoms in total. The van der Waals surface area contributed by atoms with Crippen molar-refractivity contribution in [3.8, 4) is 27.3 Å². The lowest BCUT2D eigenvalue weighted by atomic mass is 9.99. The second-order valence-corrected chi connectivity index (χ2v) is 9.95. The largest absolute Gasteiger partial charge is 0.496 e. The van der Waals surface area contributed by atoms with Crippen LogP contribution in [0, 0.1) is 16.8 Å². The molecule has 1 fully saturated rings. The lowest BCUT2D eigenvalue weighted by molar-refractivity contribution is 0.119. The zero-order chi connectivity index (χ0) is 26.1. The van der Waals surface area contributed by atoms with Crippen molar-refractivity contribution in [1.82, 2.24) is 0 Å². The Hall–Kier alpha value is -3.78. The maximum Gasteiger partial charge on any atom is 0.412 e. The van der Waals surface area contributed by atoms with Gasteiger partial charge in [0, 0.05) is 23.3 Å². The highest BCUT2D eigenvalue weighted by Crippen LogP contribution is 2.43. The molecule has 1 heterocycles. The molecule has 0 saturated heterocycles. The van der Waals surface area contributed by atoms with Crippen LogP contribution in [0.5, 0.6) is 5.75 Å². The van der Waals surface area contributed by atoms with Gasteiger partial charge >= 0.3 is 6.09 Å². The van der Waals surface area contributed by atoms with E-state index in [9.17, 15) is 18.0 Å². The lowest BCUT2D eigenvalue weighted by Crippen LogP contribution is -2.16. The van der Waals surface area contributed by atoms with E-state index in [0.29, 0.717) is 22.1 Å². The Morgan fingerprint density at radius 2 is 1.70 bits per heavy atom. The molecule has 0 spiro atoms. The number of carbonyl (C=O) groups is 1. The molecule has 1 saturated carbocycles. The molecule has 0 bridgehead atoms. The first-order valence-corrected chi connectivity index (χ1v) is 12.6. The van der Waals surface area contributed by atoms with E-state index in [1.807, 2.05) is 12.1 Å². The Bertz CT molecular complexity index is 1450. The number of rotatable bonds is 7. The number of amides is 1. The molecule has 8 heteroatoms. The van der Waals surface area contributed by atoms with E-state index >= 15 is 0 Å². The number of thiophene rings is 1. The van der Waals surface area contributed by atoms with E-state index in [2.05, 4.69) is 29.6 Å². The van der Waals surface area contributed by atoms with E-state index < -0.39 is 29.0 Å². The van der Waals surface area contributed by atoms with Gasteiger partial charge in [0.15, 0.2) is 5.13 Å². The summed E-state index contributed by atoms with van der Waals surface area (Å²) in [4.78, 5) is 13.0. The summed E-state index contributed by atoms with van der Waals surface area (Å²) in [6, 6.07) is 18.2. The number of nitrogens with one attached hydrogen (secondary N) is 1. The Labute approximate surface area is 216 Å². The van der Waals surface area contributed by atoms with Crippen LogP contribution in [-0.2, 0) is 4.74 Å². The lowest BCUT2D eigenvalue weighted by Gasteiger charge is -2.15. The van der Waals surface area contributed by atoms with Crippen molar-refractivity contribution in [2.45, 2.75) is 31.8 Å². The average Bonchev–Trinajstić information content (AvgIpc) is 3.66. The summed E-state index contributed by atoms with van der Waals surface area (Å²) in [5.41, 5.74) is 4.13. The summed E-state index contributed by atoms with van der Waals surface area (Å²) >= 11 is 0.868. The number of methoxy groups -OCH3 is 1. The maximum absolute atomic E-state index is 14.3. The third-order valence-electron chi connectivity index (χ3n) is 6.36. The molecule has 1 amide bonds. The second kappa shape index (κ2) is 10.3. The fourth-order valence-electron chi connectivity index (χ4n) is 4.29. The van der Waals surface area contributed by atoms with Crippen molar-refractivity contribution in [2.24, 2.45) is 0 Å². The molecule has 1 aromatic heterocycles. The van der Waals surface area contributed by atoms with Gasteiger partial charge in [-0.15, -0.1) is 11.3 Å². The Morgan fingerprint density at radius 1 is 0.973 bits per heavy atom. The molecule has 1 N–H and O–H groups in total. The van der Waals surface area contributed by atoms with Gasteiger partial charge in [0.2, 0.25) is 0 Å². The standard InChI is InChI=1S/C29H24F3NO3S/c1-16(22-12-10-21(30)14-24(22)31)36-29(34)33-25-15-27(32)37-28(25)20-9-11-23(26(13-20)35-2)19-7-5-18(6-8-19)17-3-4-17/h5-17H,3-4H2,1-2H3,(H,33,34). The number of hydrogen-bond donors (Lipinski definition) is 1. The molecule has 0 radical (unpaired) electrons. The minimum absolute atomic E-state index is 0.0266. The molecule has 3 aromatic carbocycles. The van der Waals surface area contributed by atoms with Crippen LogP contribution in [0.4, 0.5) is 23.7 Å². The van der Waals surface area contributed by atoms with Crippen LogP contribution in [0.2, 0.25) is 0 Å². The van der Waals surface area contributed by atoms with Crippen molar-refractivity contribution in [3.05, 3.63) is 94.6 Å². The van der Waals surface area contributed by atoms with Crippen molar-refractivity contribution in [2.75, 3.05) is 12.4 Å². The molecule has 5 rings (SSSR count). The third-order valence-corrected chi connectivity index (χ3v) is 7.33. The van der Waals surface area contributed by atoms with Crippen LogP contribution >= 0.6 is 11.3 Å².